The van der Waals surface area contributed by atoms with Crippen LogP contribution in [0.4, 0.5) is 11.6 Å². The zero-order valence-electron chi connectivity index (χ0n) is 11.3. The van der Waals surface area contributed by atoms with Gasteiger partial charge in [-0.1, -0.05) is 0 Å². The van der Waals surface area contributed by atoms with Crippen LogP contribution >= 0.6 is 0 Å². The second-order valence-electron chi connectivity index (χ2n) is 4.15. The number of nitro groups is 1. The minimum absolute atomic E-state index is 0.0333. The molecule has 0 aliphatic heterocycles. The zero-order chi connectivity index (χ0) is 16.0. The van der Waals surface area contributed by atoms with Crippen molar-refractivity contribution in [3.63, 3.8) is 0 Å². The van der Waals surface area contributed by atoms with Gasteiger partial charge in [0.2, 0.25) is 16.0 Å². The van der Waals surface area contributed by atoms with Crippen LogP contribution in [-0.4, -0.2) is 36.4 Å². The molecule has 0 aliphatic rings. The van der Waals surface area contributed by atoms with Gasteiger partial charge in [-0.3, -0.25) is 10.1 Å². The van der Waals surface area contributed by atoms with Gasteiger partial charge in [0.05, 0.1) is 9.82 Å². The molecule has 116 valence electrons. The third-order valence-corrected chi connectivity index (χ3v) is 4.10. The highest BCUT2D eigenvalue weighted by molar-refractivity contribution is 7.89. The van der Waals surface area contributed by atoms with Gasteiger partial charge in [0.25, 0.3) is 5.69 Å². The summed E-state index contributed by atoms with van der Waals surface area (Å²) >= 11 is 0. The zero-order valence-corrected chi connectivity index (χ0v) is 12.2. The predicted molar refractivity (Wildman–Crippen MR) is 78.8 cm³/mol. The van der Waals surface area contributed by atoms with Gasteiger partial charge in [-0.15, -0.1) is 0 Å². The summed E-state index contributed by atoms with van der Waals surface area (Å²) in [6.45, 7) is 0.424. The Morgan fingerprint density at radius 1 is 1.09 bits per heavy atom. The number of hydrogen-bond acceptors (Lipinski definition) is 7. The van der Waals surface area contributed by atoms with Gasteiger partial charge < -0.3 is 5.32 Å². The van der Waals surface area contributed by atoms with Crippen LogP contribution in [0, 0.1) is 10.1 Å². The Kier molecular flexibility index (Phi) is 4.96. The minimum atomic E-state index is -3.71. The fourth-order valence-electron chi connectivity index (χ4n) is 1.58. The summed E-state index contributed by atoms with van der Waals surface area (Å²) in [5, 5.41) is 13.4. The maximum absolute atomic E-state index is 12.0. The molecule has 2 rings (SSSR count). The lowest BCUT2D eigenvalue weighted by molar-refractivity contribution is -0.384. The Balaban J connectivity index is 1.89. The van der Waals surface area contributed by atoms with E-state index in [1.54, 1.807) is 18.5 Å². The maximum atomic E-state index is 12.0. The van der Waals surface area contributed by atoms with E-state index in [4.69, 9.17) is 0 Å². The number of aromatic nitrogens is 2. The van der Waals surface area contributed by atoms with Crippen LogP contribution in [0.1, 0.15) is 0 Å². The van der Waals surface area contributed by atoms with E-state index in [-0.39, 0.29) is 17.1 Å². The number of nitrogens with zero attached hydrogens (tertiary/aromatic N) is 3. The molecule has 0 saturated heterocycles. The summed E-state index contributed by atoms with van der Waals surface area (Å²) in [6, 6.07) is 6.33. The molecule has 1 heterocycles. The van der Waals surface area contributed by atoms with Crippen molar-refractivity contribution < 1.29 is 13.3 Å². The summed E-state index contributed by atoms with van der Waals surface area (Å²) in [4.78, 5) is 17.8. The van der Waals surface area contributed by atoms with Gasteiger partial charge in [-0.05, 0) is 18.2 Å². The number of nitro benzene ring substituents is 1. The molecule has 0 unspecified atom stereocenters. The van der Waals surface area contributed by atoms with E-state index >= 15 is 0 Å². The highest BCUT2D eigenvalue weighted by Crippen LogP contribution is 2.15. The van der Waals surface area contributed by atoms with Crippen LogP contribution in [0.25, 0.3) is 0 Å². The van der Waals surface area contributed by atoms with E-state index in [2.05, 4.69) is 20.0 Å². The molecule has 0 fully saturated rings. The standard InChI is InChI=1S/C12H13N5O4S/c18-17(19)10-2-4-11(5-3-10)22(20,21)16-9-8-15-12-13-6-1-7-14-12/h1-7,16H,8-9H2,(H,13,14,15). The van der Waals surface area contributed by atoms with Crippen molar-refractivity contribution >= 4 is 21.7 Å². The van der Waals surface area contributed by atoms with E-state index in [0.29, 0.717) is 12.5 Å². The van der Waals surface area contributed by atoms with Gasteiger partial charge in [0.15, 0.2) is 0 Å². The van der Waals surface area contributed by atoms with Gasteiger partial charge in [0, 0.05) is 37.6 Å². The van der Waals surface area contributed by atoms with Crippen LogP contribution in [0.3, 0.4) is 0 Å². The second-order valence-corrected chi connectivity index (χ2v) is 5.91. The van der Waals surface area contributed by atoms with Crippen molar-refractivity contribution in [1.82, 2.24) is 14.7 Å². The summed E-state index contributed by atoms with van der Waals surface area (Å²) in [5.74, 6) is 0.400. The molecule has 0 amide bonds. The fraction of sp³-hybridized carbons (Fsp3) is 0.167. The first-order valence-electron chi connectivity index (χ1n) is 6.24. The Bertz CT molecular complexity index is 734. The number of hydrogen-bond donors (Lipinski definition) is 2. The molecule has 0 bridgehead atoms. The monoisotopic (exact) mass is 323 g/mol. The van der Waals surface area contributed by atoms with Crippen molar-refractivity contribution in [3.05, 3.63) is 52.8 Å². The molecule has 2 N–H and O–H groups in total. The number of sulfonamides is 1. The van der Waals surface area contributed by atoms with Crippen molar-refractivity contribution in [2.75, 3.05) is 18.4 Å². The van der Waals surface area contributed by atoms with Crippen LogP contribution < -0.4 is 10.0 Å². The number of rotatable bonds is 7. The minimum Gasteiger partial charge on any atom is -0.353 e. The fourth-order valence-corrected chi connectivity index (χ4v) is 2.61. The average molecular weight is 323 g/mol. The molecule has 1 aromatic carbocycles. The second kappa shape index (κ2) is 6.91. The lowest BCUT2D eigenvalue weighted by atomic mass is 10.3. The van der Waals surface area contributed by atoms with Crippen LogP contribution in [-0.2, 0) is 10.0 Å². The molecule has 1 aromatic heterocycles. The summed E-state index contributed by atoms with van der Waals surface area (Å²) < 4.78 is 26.3. The van der Waals surface area contributed by atoms with E-state index in [1.807, 2.05) is 0 Å². The molecule has 22 heavy (non-hydrogen) atoms. The number of anilines is 1. The Morgan fingerprint density at radius 3 is 2.32 bits per heavy atom. The van der Waals surface area contributed by atoms with E-state index in [9.17, 15) is 18.5 Å². The number of benzene rings is 1. The molecule has 0 saturated carbocycles. The lowest BCUT2D eigenvalue weighted by Gasteiger charge is -2.07. The Morgan fingerprint density at radius 2 is 1.73 bits per heavy atom. The predicted octanol–water partition coefficient (Wildman–Crippen LogP) is 0.775. The van der Waals surface area contributed by atoms with Crippen molar-refractivity contribution in [1.29, 1.82) is 0 Å². The van der Waals surface area contributed by atoms with Crippen LogP contribution in [0.2, 0.25) is 0 Å². The summed E-state index contributed by atoms with van der Waals surface area (Å²) in [5.41, 5.74) is -0.165. The summed E-state index contributed by atoms with van der Waals surface area (Å²) in [6.07, 6.45) is 3.13. The normalized spacial score (nSPS) is 11.1. The molecule has 0 atom stereocenters. The molecule has 2 aromatic rings. The first kappa shape index (κ1) is 15.8. The average Bonchev–Trinajstić information content (AvgIpc) is 2.53. The Hall–Kier alpha value is -2.59. The van der Waals surface area contributed by atoms with Crippen LogP contribution in [0.15, 0.2) is 47.6 Å². The number of nitrogens with one attached hydrogen (secondary N) is 2. The quantitative estimate of drug-likeness (QED) is 0.438. The smallest absolute Gasteiger partial charge is 0.269 e. The SMILES string of the molecule is O=[N+]([O-])c1ccc(S(=O)(=O)NCCNc2ncccn2)cc1. The number of non-ortho nitro benzene ring substituents is 1. The highest BCUT2D eigenvalue weighted by atomic mass is 32.2. The van der Waals surface area contributed by atoms with Crippen LogP contribution in [0.5, 0.6) is 0 Å². The highest BCUT2D eigenvalue weighted by Gasteiger charge is 2.15. The molecular weight excluding hydrogens is 310 g/mol. The Labute approximate surface area is 126 Å². The van der Waals surface area contributed by atoms with Crippen molar-refractivity contribution in [2.45, 2.75) is 4.90 Å². The molecule has 9 nitrogen and oxygen atoms in total. The van der Waals surface area contributed by atoms with E-state index < -0.39 is 14.9 Å². The maximum Gasteiger partial charge on any atom is 0.269 e. The van der Waals surface area contributed by atoms with Crippen molar-refractivity contribution in [2.24, 2.45) is 0 Å². The molecular formula is C12H13N5O4S. The summed E-state index contributed by atoms with van der Waals surface area (Å²) in [7, 11) is -3.71. The first-order valence-corrected chi connectivity index (χ1v) is 7.72. The third-order valence-electron chi connectivity index (χ3n) is 2.62. The van der Waals surface area contributed by atoms with Gasteiger partial charge in [0.1, 0.15) is 0 Å². The molecule has 10 heteroatoms. The largest absolute Gasteiger partial charge is 0.353 e. The van der Waals surface area contributed by atoms with Crippen molar-refractivity contribution in [3.8, 4) is 0 Å². The van der Waals surface area contributed by atoms with E-state index in [1.165, 1.54) is 12.1 Å². The molecule has 0 radical (unpaired) electrons. The van der Waals surface area contributed by atoms with E-state index in [0.717, 1.165) is 12.1 Å². The molecule has 0 spiro atoms. The van der Waals surface area contributed by atoms with Gasteiger partial charge in [-0.2, -0.15) is 0 Å². The third kappa shape index (κ3) is 4.20. The van der Waals surface area contributed by atoms with Gasteiger partial charge in [-0.25, -0.2) is 23.1 Å². The van der Waals surface area contributed by atoms with Gasteiger partial charge >= 0.3 is 0 Å². The first-order chi connectivity index (χ1) is 10.5. The topological polar surface area (TPSA) is 127 Å². The lowest BCUT2D eigenvalue weighted by Crippen LogP contribution is -2.29. The molecule has 0 aliphatic carbocycles.